The van der Waals surface area contributed by atoms with Crippen LogP contribution in [-0.2, 0) is 12.4 Å². The van der Waals surface area contributed by atoms with Crippen LogP contribution in [0.5, 0.6) is 5.75 Å². The van der Waals surface area contributed by atoms with Crippen molar-refractivity contribution >= 4 is 23.4 Å². The molecule has 6 heteroatoms. The fourth-order valence-corrected chi connectivity index (χ4v) is 2.92. The summed E-state index contributed by atoms with van der Waals surface area (Å²) in [4.78, 5) is 0. The van der Waals surface area contributed by atoms with Crippen LogP contribution in [0.15, 0.2) is 58.2 Å². The number of nitrogens with zero attached hydrogens (tertiary/aromatic N) is 2. The van der Waals surface area contributed by atoms with Crippen molar-refractivity contribution < 1.29 is 9.15 Å². The van der Waals surface area contributed by atoms with E-state index in [1.54, 1.807) is 0 Å². The molecule has 0 aliphatic heterocycles. The second-order valence-electron chi connectivity index (χ2n) is 4.93. The lowest BCUT2D eigenvalue weighted by atomic mass is 10.2. The minimum absolute atomic E-state index is 0.260. The molecule has 23 heavy (non-hydrogen) atoms. The molecule has 0 atom stereocenters. The van der Waals surface area contributed by atoms with E-state index >= 15 is 0 Å². The van der Waals surface area contributed by atoms with Crippen LogP contribution in [0.3, 0.4) is 0 Å². The van der Waals surface area contributed by atoms with Gasteiger partial charge in [-0.25, -0.2) is 0 Å². The molecule has 118 valence electrons. The Hall–Kier alpha value is -1.98. The summed E-state index contributed by atoms with van der Waals surface area (Å²) < 4.78 is 11.3. The number of aromatic nitrogens is 2. The Morgan fingerprint density at radius 2 is 2.00 bits per heavy atom. The van der Waals surface area contributed by atoms with Crippen LogP contribution < -0.4 is 4.74 Å². The van der Waals surface area contributed by atoms with Gasteiger partial charge >= 0.3 is 0 Å². The molecule has 0 saturated heterocycles. The third kappa shape index (κ3) is 4.50. The minimum Gasteiger partial charge on any atom is -0.484 e. The van der Waals surface area contributed by atoms with E-state index in [-0.39, 0.29) is 6.61 Å². The van der Waals surface area contributed by atoms with E-state index in [4.69, 9.17) is 20.8 Å². The van der Waals surface area contributed by atoms with E-state index in [1.807, 2.05) is 55.5 Å². The van der Waals surface area contributed by atoms with Crippen molar-refractivity contribution in [1.29, 1.82) is 0 Å². The van der Waals surface area contributed by atoms with E-state index in [9.17, 15) is 0 Å². The molecule has 0 bridgehead atoms. The maximum atomic E-state index is 5.97. The smallest absolute Gasteiger partial charge is 0.277 e. The SMILES string of the molecule is Cc1ccccc1OCc1nnc(SCc2cccc(Cl)c2)o1. The van der Waals surface area contributed by atoms with Crippen LogP contribution in [0.2, 0.25) is 5.02 Å². The van der Waals surface area contributed by atoms with Crippen molar-refractivity contribution in [3.05, 3.63) is 70.6 Å². The Bertz CT molecular complexity index is 792. The molecule has 1 heterocycles. The fraction of sp³-hybridized carbons (Fsp3) is 0.176. The zero-order chi connectivity index (χ0) is 16.1. The second-order valence-corrected chi connectivity index (χ2v) is 6.30. The highest BCUT2D eigenvalue weighted by molar-refractivity contribution is 7.98. The largest absolute Gasteiger partial charge is 0.484 e. The van der Waals surface area contributed by atoms with E-state index in [0.717, 1.165) is 27.7 Å². The summed E-state index contributed by atoms with van der Waals surface area (Å²) in [6, 6.07) is 15.5. The number of benzene rings is 2. The molecule has 2 aromatic carbocycles. The zero-order valence-electron chi connectivity index (χ0n) is 12.5. The number of rotatable bonds is 6. The minimum atomic E-state index is 0.260. The molecule has 0 spiro atoms. The summed E-state index contributed by atoms with van der Waals surface area (Å²) >= 11 is 7.44. The van der Waals surface area contributed by atoms with Crippen molar-refractivity contribution in [2.24, 2.45) is 0 Å². The number of para-hydroxylation sites is 1. The number of hydrogen-bond acceptors (Lipinski definition) is 5. The van der Waals surface area contributed by atoms with Crippen LogP contribution in [0.4, 0.5) is 0 Å². The van der Waals surface area contributed by atoms with Crippen LogP contribution in [0, 0.1) is 6.92 Å². The molecule has 0 unspecified atom stereocenters. The normalized spacial score (nSPS) is 10.7. The number of ether oxygens (including phenoxy) is 1. The highest BCUT2D eigenvalue weighted by atomic mass is 35.5. The van der Waals surface area contributed by atoms with Gasteiger partial charge in [0.05, 0.1) is 0 Å². The molecule has 3 aromatic rings. The first-order valence-electron chi connectivity index (χ1n) is 7.09. The second kappa shape index (κ2) is 7.53. The van der Waals surface area contributed by atoms with Gasteiger partial charge in [-0.1, -0.05) is 53.7 Å². The van der Waals surface area contributed by atoms with E-state index in [2.05, 4.69) is 10.2 Å². The van der Waals surface area contributed by atoms with Gasteiger partial charge in [-0.2, -0.15) is 0 Å². The average Bonchev–Trinajstić information content (AvgIpc) is 3.00. The van der Waals surface area contributed by atoms with Gasteiger partial charge in [0.25, 0.3) is 11.1 Å². The van der Waals surface area contributed by atoms with Gasteiger partial charge in [-0.15, -0.1) is 10.2 Å². The molecular formula is C17H15ClN2O2S. The lowest BCUT2D eigenvalue weighted by molar-refractivity contribution is 0.251. The van der Waals surface area contributed by atoms with Crippen LogP contribution in [0.25, 0.3) is 0 Å². The Morgan fingerprint density at radius 1 is 1.13 bits per heavy atom. The van der Waals surface area contributed by atoms with Gasteiger partial charge in [0.15, 0.2) is 6.61 Å². The Kier molecular flexibility index (Phi) is 5.20. The van der Waals surface area contributed by atoms with Crippen LogP contribution in [0.1, 0.15) is 17.0 Å². The van der Waals surface area contributed by atoms with Gasteiger partial charge in [0.2, 0.25) is 0 Å². The number of hydrogen-bond donors (Lipinski definition) is 0. The predicted molar refractivity (Wildman–Crippen MR) is 90.8 cm³/mol. The third-order valence-electron chi connectivity index (χ3n) is 3.14. The summed E-state index contributed by atoms with van der Waals surface area (Å²) in [5.74, 6) is 2.00. The summed E-state index contributed by atoms with van der Waals surface area (Å²) in [5, 5.41) is 9.27. The molecule has 0 saturated carbocycles. The van der Waals surface area contributed by atoms with Crippen LogP contribution in [-0.4, -0.2) is 10.2 Å². The first-order valence-corrected chi connectivity index (χ1v) is 8.45. The average molecular weight is 347 g/mol. The highest BCUT2D eigenvalue weighted by Crippen LogP contribution is 2.24. The molecule has 4 nitrogen and oxygen atoms in total. The number of halogens is 1. The molecular weight excluding hydrogens is 332 g/mol. The van der Waals surface area contributed by atoms with Crippen molar-refractivity contribution in [3.8, 4) is 5.75 Å². The number of thioether (sulfide) groups is 1. The lowest BCUT2D eigenvalue weighted by Gasteiger charge is -2.05. The first-order chi connectivity index (χ1) is 11.2. The molecule has 0 aliphatic carbocycles. The summed E-state index contributed by atoms with van der Waals surface area (Å²) in [6.45, 7) is 2.25. The summed E-state index contributed by atoms with van der Waals surface area (Å²) in [6.07, 6.45) is 0. The fourth-order valence-electron chi connectivity index (χ4n) is 1.98. The zero-order valence-corrected chi connectivity index (χ0v) is 14.1. The molecule has 0 radical (unpaired) electrons. The molecule has 0 aliphatic rings. The Labute approximate surface area is 143 Å². The van der Waals surface area contributed by atoms with E-state index in [1.165, 1.54) is 11.8 Å². The standard InChI is InChI=1S/C17H15ClN2O2S/c1-12-5-2-3-8-15(12)21-10-16-19-20-17(22-16)23-11-13-6-4-7-14(18)9-13/h2-9H,10-11H2,1H3. The Balaban J connectivity index is 1.55. The van der Waals surface area contributed by atoms with E-state index < -0.39 is 0 Å². The summed E-state index contributed by atoms with van der Waals surface area (Å²) in [5.41, 5.74) is 2.18. The summed E-state index contributed by atoms with van der Waals surface area (Å²) in [7, 11) is 0. The molecule has 0 N–H and O–H groups in total. The maximum Gasteiger partial charge on any atom is 0.277 e. The molecule has 3 rings (SSSR count). The maximum absolute atomic E-state index is 5.97. The molecule has 0 amide bonds. The monoisotopic (exact) mass is 346 g/mol. The van der Waals surface area contributed by atoms with Gasteiger partial charge in [0, 0.05) is 10.8 Å². The van der Waals surface area contributed by atoms with Gasteiger partial charge in [-0.3, -0.25) is 0 Å². The predicted octanol–water partition coefficient (Wildman–Crippen LogP) is 4.90. The van der Waals surface area contributed by atoms with Gasteiger partial charge in [0.1, 0.15) is 5.75 Å². The molecule has 1 aromatic heterocycles. The van der Waals surface area contributed by atoms with Gasteiger partial charge in [-0.05, 0) is 36.2 Å². The van der Waals surface area contributed by atoms with E-state index in [0.29, 0.717) is 11.1 Å². The number of aryl methyl sites for hydroxylation is 1. The van der Waals surface area contributed by atoms with Crippen molar-refractivity contribution in [2.75, 3.05) is 0 Å². The van der Waals surface area contributed by atoms with Crippen molar-refractivity contribution in [3.63, 3.8) is 0 Å². The highest BCUT2D eigenvalue weighted by Gasteiger charge is 2.08. The van der Waals surface area contributed by atoms with Crippen LogP contribution >= 0.6 is 23.4 Å². The Morgan fingerprint density at radius 3 is 2.83 bits per heavy atom. The van der Waals surface area contributed by atoms with Crippen molar-refractivity contribution in [1.82, 2.24) is 10.2 Å². The third-order valence-corrected chi connectivity index (χ3v) is 4.27. The quantitative estimate of drug-likeness (QED) is 0.594. The first kappa shape index (κ1) is 15.9. The molecule has 0 fully saturated rings. The lowest BCUT2D eigenvalue weighted by Crippen LogP contribution is -1.97. The topological polar surface area (TPSA) is 48.2 Å². The van der Waals surface area contributed by atoms with Gasteiger partial charge < -0.3 is 9.15 Å². The van der Waals surface area contributed by atoms with Crippen molar-refractivity contribution in [2.45, 2.75) is 24.5 Å².